The van der Waals surface area contributed by atoms with Gasteiger partial charge in [0.25, 0.3) is 10.0 Å². The van der Waals surface area contributed by atoms with Crippen LogP contribution >= 0.6 is 0 Å². The van der Waals surface area contributed by atoms with Crippen molar-refractivity contribution in [3.8, 4) is 11.5 Å². The molecule has 2 aromatic carbocycles. The van der Waals surface area contributed by atoms with Gasteiger partial charge in [0.2, 0.25) is 0 Å². The second-order valence-corrected chi connectivity index (χ2v) is 7.94. The molecule has 0 aromatic heterocycles. The highest BCUT2D eigenvalue weighted by Gasteiger charge is 2.36. The van der Waals surface area contributed by atoms with Gasteiger partial charge in [0.05, 0.1) is 17.7 Å². The molecule has 6 nitrogen and oxygen atoms in total. The van der Waals surface area contributed by atoms with Gasteiger partial charge in [-0.25, -0.2) is 8.42 Å². The monoisotopic (exact) mass is 360 g/mol. The number of piperidine rings is 1. The third kappa shape index (κ3) is 2.94. The SMILES string of the molecule is COc1ccccc1NS(=O)(=O)c1ccc2c(c1)C1CCNCC1O2. The van der Waals surface area contributed by atoms with Crippen molar-refractivity contribution >= 4 is 15.7 Å². The summed E-state index contributed by atoms with van der Waals surface area (Å²) < 4.78 is 39.4. The molecule has 1 fully saturated rings. The molecule has 2 aliphatic heterocycles. The van der Waals surface area contributed by atoms with Gasteiger partial charge in [-0.2, -0.15) is 0 Å². The van der Waals surface area contributed by atoms with Crippen LogP contribution in [-0.4, -0.2) is 34.7 Å². The van der Waals surface area contributed by atoms with E-state index in [1.165, 1.54) is 7.11 Å². The lowest BCUT2D eigenvalue weighted by molar-refractivity contribution is 0.177. The molecule has 0 aliphatic carbocycles. The van der Waals surface area contributed by atoms with E-state index in [1.54, 1.807) is 42.5 Å². The zero-order valence-electron chi connectivity index (χ0n) is 13.9. The molecule has 2 N–H and O–H groups in total. The number of hydrogen-bond acceptors (Lipinski definition) is 5. The molecule has 2 atom stereocenters. The molecule has 4 rings (SSSR count). The summed E-state index contributed by atoms with van der Waals surface area (Å²) in [5, 5.41) is 3.31. The maximum Gasteiger partial charge on any atom is 0.262 e. The van der Waals surface area contributed by atoms with Gasteiger partial charge in [-0.1, -0.05) is 12.1 Å². The number of fused-ring (bicyclic) bond motifs is 3. The van der Waals surface area contributed by atoms with Crippen molar-refractivity contribution in [3.63, 3.8) is 0 Å². The largest absolute Gasteiger partial charge is 0.495 e. The summed E-state index contributed by atoms with van der Waals surface area (Å²) in [6.45, 7) is 1.71. The summed E-state index contributed by atoms with van der Waals surface area (Å²) in [5.41, 5.74) is 1.40. The van der Waals surface area contributed by atoms with E-state index in [-0.39, 0.29) is 16.9 Å². The van der Waals surface area contributed by atoms with Gasteiger partial charge < -0.3 is 14.8 Å². The van der Waals surface area contributed by atoms with Crippen LogP contribution in [0.4, 0.5) is 5.69 Å². The first-order valence-corrected chi connectivity index (χ1v) is 9.74. The number of hydrogen-bond donors (Lipinski definition) is 2. The first-order valence-electron chi connectivity index (χ1n) is 8.25. The van der Waals surface area contributed by atoms with Crippen molar-refractivity contribution in [2.45, 2.75) is 23.3 Å². The number of ether oxygens (including phenoxy) is 2. The molecule has 0 spiro atoms. The topological polar surface area (TPSA) is 76.7 Å². The van der Waals surface area contributed by atoms with Crippen LogP contribution in [0.2, 0.25) is 0 Å². The minimum atomic E-state index is -3.71. The lowest BCUT2D eigenvalue weighted by Gasteiger charge is -2.24. The van der Waals surface area contributed by atoms with Gasteiger partial charge >= 0.3 is 0 Å². The lowest BCUT2D eigenvalue weighted by atomic mass is 9.90. The van der Waals surface area contributed by atoms with E-state index in [2.05, 4.69) is 10.0 Å². The van der Waals surface area contributed by atoms with E-state index in [1.807, 2.05) is 0 Å². The Morgan fingerprint density at radius 2 is 2.08 bits per heavy atom. The molecule has 25 heavy (non-hydrogen) atoms. The van der Waals surface area contributed by atoms with Crippen LogP contribution in [0.3, 0.4) is 0 Å². The summed E-state index contributed by atoms with van der Waals surface area (Å²) in [6.07, 6.45) is 1.03. The highest BCUT2D eigenvalue weighted by molar-refractivity contribution is 7.92. The minimum Gasteiger partial charge on any atom is -0.495 e. The average molecular weight is 360 g/mol. The second-order valence-electron chi connectivity index (χ2n) is 6.26. The molecule has 0 radical (unpaired) electrons. The lowest BCUT2D eigenvalue weighted by Crippen LogP contribution is -2.39. The molecule has 1 saturated heterocycles. The first-order chi connectivity index (χ1) is 12.1. The number of methoxy groups -OCH3 is 1. The minimum absolute atomic E-state index is 0.0869. The van der Waals surface area contributed by atoms with Gasteiger partial charge in [0.1, 0.15) is 17.6 Å². The summed E-state index contributed by atoms with van der Waals surface area (Å²) >= 11 is 0. The fourth-order valence-electron chi connectivity index (χ4n) is 3.50. The fraction of sp³-hybridized carbons (Fsp3) is 0.333. The summed E-state index contributed by atoms with van der Waals surface area (Å²) in [4.78, 5) is 0.236. The van der Waals surface area contributed by atoms with Gasteiger partial charge in [0, 0.05) is 18.0 Å². The van der Waals surface area contributed by atoms with Crippen LogP contribution in [-0.2, 0) is 10.0 Å². The van der Waals surface area contributed by atoms with Crippen LogP contribution in [0.15, 0.2) is 47.4 Å². The highest BCUT2D eigenvalue weighted by Crippen LogP contribution is 2.42. The molecule has 0 bridgehead atoms. The van der Waals surface area contributed by atoms with Crippen LogP contribution in [0.25, 0.3) is 0 Å². The van der Waals surface area contributed by atoms with Crippen LogP contribution < -0.4 is 19.5 Å². The van der Waals surface area contributed by atoms with Crippen LogP contribution in [0.1, 0.15) is 17.9 Å². The van der Waals surface area contributed by atoms with E-state index in [0.717, 1.165) is 30.8 Å². The molecule has 0 amide bonds. The maximum atomic E-state index is 12.8. The number of rotatable bonds is 4. The van der Waals surface area contributed by atoms with E-state index >= 15 is 0 Å². The number of anilines is 1. The molecule has 2 aliphatic rings. The molecule has 2 aromatic rings. The first kappa shape index (κ1) is 16.2. The molecule has 2 heterocycles. The van der Waals surface area contributed by atoms with Crippen molar-refractivity contribution in [3.05, 3.63) is 48.0 Å². The predicted molar refractivity (Wildman–Crippen MR) is 94.9 cm³/mol. The zero-order valence-corrected chi connectivity index (χ0v) is 14.7. The second kappa shape index (κ2) is 6.24. The van der Waals surface area contributed by atoms with Crippen molar-refractivity contribution in [2.75, 3.05) is 24.9 Å². The van der Waals surface area contributed by atoms with E-state index in [0.29, 0.717) is 11.4 Å². The predicted octanol–water partition coefficient (Wildman–Crippen LogP) is 2.33. The van der Waals surface area contributed by atoms with E-state index in [9.17, 15) is 8.42 Å². The van der Waals surface area contributed by atoms with Gasteiger partial charge in [-0.15, -0.1) is 0 Å². The van der Waals surface area contributed by atoms with Crippen LogP contribution in [0.5, 0.6) is 11.5 Å². The van der Waals surface area contributed by atoms with E-state index < -0.39 is 10.0 Å². The smallest absolute Gasteiger partial charge is 0.262 e. The van der Waals surface area contributed by atoms with Gasteiger partial charge in [-0.05, 0) is 43.3 Å². The normalized spacial score (nSPS) is 21.8. The maximum absolute atomic E-state index is 12.8. The molecular weight excluding hydrogens is 340 g/mol. The highest BCUT2D eigenvalue weighted by atomic mass is 32.2. The number of para-hydroxylation sites is 2. The fourth-order valence-corrected chi connectivity index (χ4v) is 4.60. The Hall–Kier alpha value is -2.25. The Bertz CT molecular complexity index is 898. The van der Waals surface area contributed by atoms with E-state index in [4.69, 9.17) is 9.47 Å². The zero-order chi connectivity index (χ0) is 17.4. The molecule has 2 unspecified atom stereocenters. The number of nitrogens with one attached hydrogen (secondary N) is 2. The van der Waals surface area contributed by atoms with Gasteiger partial charge in [0.15, 0.2) is 0 Å². The van der Waals surface area contributed by atoms with Crippen molar-refractivity contribution < 1.29 is 17.9 Å². The Morgan fingerprint density at radius 1 is 1.24 bits per heavy atom. The van der Waals surface area contributed by atoms with Crippen molar-refractivity contribution in [1.29, 1.82) is 0 Å². The number of benzene rings is 2. The Kier molecular flexibility index (Phi) is 4.05. The molecular formula is C18H20N2O4S. The summed E-state index contributed by atoms with van der Waals surface area (Å²) in [5.74, 6) is 1.52. The van der Waals surface area contributed by atoms with Crippen LogP contribution in [0, 0.1) is 0 Å². The summed E-state index contributed by atoms with van der Waals surface area (Å²) in [7, 11) is -2.20. The number of sulfonamides is 1. The molecule has 132 valence electrons. The Morgan fingerprint density at radius 3 is 2.92 bits per heavy atom. The quantitative estimate of drug-likeness (QED) is 0.875. The van der Waals surface area contributed by atoms with Crippen molar-refractivity contribution in [1.82, 2.24) is 5.32 Å². The third-order valence-electron chi connectivity index (χ3n) is 4.75. The Balaban J connectivity index is 1.66. The Labute approximate surface area is 147 Å². The molecule has 7 heteroatoms. The third-order valence-corrected chi connectivity index (χ3v) is 6.11. The average Bonchev–Trinajstić information content (AvgIpc) is 3.00. The van der Waals surface area contributed by atoms with Crippen molar-refractivity contribution in [2.24, 2.45) is 0 Å². The summed E-state index contributed by atoms with van der Waals surface area (Å²) in [6, 6.07) is 12.0. The van der Waals surface area contributed by atoms with Gasteiger partial charge in [-0.3, -0.25) is 4.72 Å². The standard InChI is InChI=1S/C18H20N2O4S/c1-23-17-5-3-2-4-15(17)20-25(21,22)12-6-7-16-14(10-12)13-8-9-19-11-18(13)24-16/h2-7,10,13,18-20H,8-9,11H2,1H3. The molecule has 0 saturated carbocycles.